The number of rotatable bonds is 9. The van der Waals surface area contributed by atoms with Crippen molar-refractivity contribution >= 4 is 29.7 Å². The van der Waals surface area contributed by atoms with Crippen molar-refractivity contribution in [2.45, 2.75) is 37.9 Å². The van der Waals surface area contributed by atoms with E-state index in [1.54, 1.807) is 0 Å². The number of aliphatic carboxylic acids is 3. The molecule has 0 aliphatic rings. The number of urea groups is 1. The number of nitrogens with one attached hydrogen (secondary N) is 2. The molecule has 0 fully saturated rings. The Balaban J connectivity index is 4.75. The van der Waals surface area contributed by atoms with E-state index in [1.165, 1.54) is 0 Å². The van der Waals surface area contributed by atoms with Crippen molar-refractivity contribution in [3.8, 4) is 0 Å². The lowest BCUT2D eigenvalue weighted by atomic mass is 10.1. The van der Waals surface area contributed by atoms with Crippen molar-refractivity contribution < 1.29 is 39.3 Å². The van der Waals surface area contributed by atoms with Gasteiger partial charge in [-0.2, -0.15) is 0 Å². The van der Waals surface area contributed by atoms with Crippen LogP contribution in [0.15, 0.2) is 0 Å². The van der Waals surface area contributed by atoms with E-state index >= 15 is 0 Å². The maximum absolute atomic E-state index is 11.5. The second-order valence-corrected chi connectivity index (χ2v) is 4.45. The number of carboxylic acid groups (broad SMARTS) is 3. The minimum Gasteiger partial charge on any atom is -0.481 e. The van der Waals surface area contributed by atoms with Gasteiger partial charge in [-0.3, -0.25) is 9.59 Å². The van der Waals surface area contributed by atoms with Crippen LogP contribution in [0.1, 0.15) is 19.8 Å². The number of Topliss-reactive ketones (excluding diaryl/α,β-unsaturated/α-hetero) is 1. The van der Waals surface area contributed by atoms with Gasteiger partial charge in [-0.05, 0) is 6.92 Å². The lowest BCUT2D eigenvalue weighted by molar-refractivity contribution is -0.145. The van der Waals surface area contributed by atoms with Gasteiger partial charge < -0.3 is 31.7 Å². The summed E-state index contributed by atoms with van der Waals surface area (Å²) in [7, 11) is 0. The van der Waals surface area contributed by atoms with E-state index in [0.29, 0.717) is 0 Å². The minimum absolute atomic E-state index is 0.394. The number of ketones is 1. The van der Waals surface area contributed by atoms with Crippen LogP contribution in [0.5, 0.6) is 0 Å². The summed E-state index contributed by atoms with van der Waals surface area (Å²) in [4.78, 5) is 54.7. The number of nitrogens with two attached hydrogens (primary N) is 1. The maximum Gasteiger partial charge on any atom is 0.326 e. The summed E-state index contributed by atoms with van der Waals surface area (Å²) in [5.74, 6) is -5.01. The lowest BCUT2D eigenvalue weighted by Crippen LogP contribution is -2.53. The topological polar surface area (TPSA) is 196 Å². The third kappa shape index (κ3) is 7.19. The van der Waals surface area contributed by atoms with Crippen molar-refractivity contribution in [2.24, 2.45) is 5.73 Å². The molecule has 7 N–H and O–H groups in total. The zero-order chi connectivity index (χ0) is 17.4. The summed E-state index contributed by atoms with van der Waals surface area (Å²) in [5, 5.41) is 29.9. The van der Waals surface area contributed by atoms with Gasteiger partial charge >= 0.3 is 23.9 Å². The third-order valence-electron chi connectivity index (χ3n) is 2.60. The molecule has 0 aliphatic heterocycles. The Kier molecular flexibility index (Phi) is 7.52. The summed E-state index contributed by atoms with van der Waals surface area (Å²) < 4.78 is 0. The lowest BCUT2D eigenvalue weighted by Gasteiger charge is -2.19. The van der Waals surface area contributed by atoms with Crippen LogP contribution >= 0.6 is 0 Å². The number of amides is 2. The van der Waals surface area contributed by atoms with Crippen molar-refractivity contribution in [2.75, 3.05) is 0 Å². The van der Waals surface area contributed by atoms with Crippen LogP contribution in [0.2, 0.25) is 0 Å². The standard InChI is InChI=1S/C11H17N3O8/c1-4(15)5(12)2-6(9(18)19)13-11(22)14-7(10(20)21)3-8(16)17/h5-7H,2-3,12H2,1H3,(H,16,17)(H,18,19)(H,20,21)(H2,13,14,22). The molecule has 0 rings (SSSR count). The van der Waals surface area contributed by atoms with Gasteiger partial charge in [0.05, 0.1) is 12.5 Å². The van der Waals surface area contributed by atoms with Gasteiger partial charge in [0.2, 0.25) is 0 Å². The van der Waals surface area contributed by atoms with Crippen LogP contribution in [0.4, 0.5) is 4.79 Å². The first-order valence-corrected chi connectivity index (χ1v) is 6.05. The molecule has 0 spiro atoms. The minimum atomic E-state index is -1.73. The van der Waals surface area contributed by atoms with Gasteiger partial charge in [0.15, 0.2) is 0 Å². The molecule has 0 bridgehead atoms. The van der Waals surface area contributed by atoms with Crippen molar-refractivity contribution in [3.05, 3.63) is 0 Å². The van der Waals surface area contributed by atoms with Crippen LogP contribution in [0.25, 0.3) is 0 Å². The maximum atomic E-state index is 11.5. The molecule has 0 heterocycles. The Labute approximate surface area is 124 Å². The Morgan fingerprint density at radius 2 is 1.41 bits per heavy atom. The number of carboxylic acids is 3. The van der Waals surface area contributed by atoms with Crippen LogP contribution < -0.4 is 16.4 Å². The Bertz CT molecular complexity index is 478. The molecule has 0 radical (unpaired) electrons. The number of hydrogen-bond donors (Lipinski definition) is 6. The molecule has 22 heavy (non-hydrogen) atoms. The number of carbonyl (C=O) groups excluding carboxylic acids is 2. The van der Waals surface area contributed by atoms with Crippen LogP contribution in [-0.2, 0) is 19.2 Å². The number of hydrogen-bond acceptors (Lipinski definition) is 6. The molecule has 0 aliphatic carbocycles. The highest BCUT2D eigenvalue weighted by atomic mass is 16.4. The Hall–Kier alpha value is -2.69. The quantitative estimate of drug-likeness (QED) is 0.277. The molecule has 3 unspecified atom stereocenters. The summed E-state index contributed by atoms with van der Waals surface area (Å²) >= 11 is 0. The second kappa shape index (κ2) is 8.56. The highest BCUT2D eigenvalue weighted by molar-refractivity contribution is 5.88. The van der Waals surface area contributed by atoms with E-state index in [1.807, 2.05) is 10.6 Å². The normalized spacial score (nSPS) is 14.3. The van der Waals surface area contributed by atoms with E-state index in [-0.39, 0.29) is 0 Å². The van der Waals surface area contributed by atoms with E-state index in [2.05, 4.69) is 0 Å². The van der Waals surface area contributed by atoms with Gasteiger partial charge in [-0.15, -0.1) is 0 Å². The first-order chi connectivity index (χ1) is 10.0. The average Bonchev–Trinajstić information content (AvgIpc) is 2.35. The predicted molar refractivity (Wildman–Crippen MR) is 70.0 cm³/mol. The third-order valence-corrected chi connectivity index (χ3v) is 2.60. The van der Waals surface area contributed by atoms with Crippen molar-refractivity contribution in [1.29, 1.82) is 0 Å². The zero-order valence-corrected chi connectivity index (χ0v) is 11.6. The van der Waals surface area contributed by atoms with Crippen molar-refractivity contribution in [1.82, 2.24) is 10.6 Å². The molecule has 11 heteroatoms. The summed E-state index contributed by atoms with van der Waals surface area (Å²) in [5.41, 5.74) is 5.39. The molecular weight excluding hydrogens is 302 g/mol. The predicted octanol–water partition coefficient (Wildman–Crippen LogP) is -2.03. The molecule has 3 atom stereocenters. The van der Waals surface area contributed by atoms with E-state index in [4.69, 9.17) is 21.1 Å². The largest absolute Gasteiger partial charge is 0.481 e. The van der Waals surface area contributed by atoms with Gasteiger partial charge in [0, 0.05) is 6.42 Å². The van der Waals surface area contributed by atoms with Gasteiger partial charge in [-0.1, -0.05) is 0 Å². The van der Waals surface area contributed by atoms with Crippen LogP contribution in [0.3, 0.4) is 0 Å². The molecule has 2 amide bonds. The first kappa shape index (κ1) is 19.3. The highest BCUT2D eigenvalue weighted by Gasteiger charge is 2.27. The first-order valence-electron chi connectivity index (χ1n) is 6.05. The van der Waals surface area contributed by atoms with Crippen LogP contribution in [-0.4, -0.2) is 63.2 Å². The fourth-order valence-electron chi connectivity index (χ4n) is 1.37. The Morgan fingerprint density at radius 3 is 1.77 bits per heavy atom. The summed E-state index contributed by atoms with van der Waals surface area (Å²) in [6, 6.07) is -5.57. The monoisotopic (exact) mass is 319 g/mol. The van der Waals surface area contributed by atoms with Gasteiger partial charge in [0.25, 0.3) is 0 Å². The molecule has 0 aromatic carbocycles. The molecule has 0 aromatic rings. The van der Waals surface area contributed by atoms with E-state index in [9.17, 15) is 24.0 Å². The average molecular weight is 319 g/mol. The smallest absolute Gasteiger partial charge is 0.326 e. The second-order valence-electron chi connectivity index (χ2n) is 4.45. The molecular formula is C11H17N3O8. The number of carbonyl (C=O) groups is 5. The Morgan fingerprint density at radius 1 is 0.955 bits per heavy atom. The van der Waals surface area contributed by atoms with Crippen molar-refractivity contribution in [3.63, 3.8) is 0 Å². The molecule has 0 saturated heterocycles. The fraction of sp³-hybridized carbons (Fsp3) is 0.545. The molecule has 0 aromatic heterocycles. The summed E-state index contributed by atoms with van der Waals surface area (Å²) in [6.45, 7) is 1.15. The SMILES string of the molecule is CC(=O)C(N)CC(NC(=O)NC(CC(=O)O)C(=O)O)C(=O)O. The molecule has 124 valence electrons. The van der Waals surface area contributed by atoms with Gasteiger partial charge in [0.1, 0.15) is 17.9 Å². The van der Waals surface area contributed by atoms with E-state index in [0.717, 1.165) is 6.92 Å². The van der Waals surface area contributed by atoms with Crippen LogP contribution in [0, 0.1) is 0 Å². The van der Waals surface area contributed by atoms with Gasteiger partial charge in [-0.25, -0.2) is 14.4 Å². The molecule has 0 saturated carbocycles. The fourth-order valence-corrected chi connectivity index (χ4v) is 1.37. The highest BCUT2D eigenvalue weighted by Crippen LogP contribution is 1.99. The summed E-state index contributed by atoms with van der Waals surface area (Å²) in [6.07, 6.45) is -1.28. The molecule has 11 nitrogen and oxygen atoms in total. The zero-order valence-electron chi connectivity index (χ0n) is 11.6. The van der Waals surface area contributed by atoms with E-state index < -0.39 is 60.7 Å².